The summed E-state index contributed by atoms with van der Waals surface area (Å²) in [5.41, 5.74) is 9.69. The van der Waals surface area contributed by atoms with Crippen molar-refractivity contribution in [2.75, 3.05) is 26.2 Å². The Morgan fingerprint density at radius 2 is 1.09 bits per heavy atom. The van der Waals surface area contributed by atoms with E-state index in [1.54, 1.807) is 78.1 Å². The molecule has 0 aliphatic heterocycles. The predicted molar refractivity (Wildman–Crippen MR) is 147 cm³/mol. The molecule has 0 unspecified atom stereocenters. The van der Waals surface area contributed by atoms with Gasteiger partial charge in [-0.25, -0.2) is 9.79 Å². The van der Waals surface area contributed by atoms with E-state index in [1.165, 1.54) is 36.0 Å². The van der Waals surface area contributed by atoms with Crippen molar-refractivity contribution in [1.82, 2.24) is 0 Å². The van der Waals surface area contributed by atoms with Crippen LogP contribution in [0.4, 0.5) is 0 Å². The number of rotatable bonds is 2. The molecule has 4 aliphatic carbocycles. The molecule has 4 fully saturated rings. The van der Waals surface area contributed by atoms with Crippen LogP contribution in [0.2, 0.25) is 0 Å². The van der Waals surface area contributed by atoms with Crippen LogP contribution in [0.15, 0.2) is 4.99 Å². The first-order valence-corrected chi connectivity index (χ1v) is 14.0. The summed E-state index contributed by atoms with van der Waals surface area (Å²) in [4.78, 5) is 12.3. The van der Waals surface area contributed by atoms with E-state index in [0.29, 0.717) is 13.2 Å². The van der Waals surface area contributed by atoms with Crippen molar-refractivity contribution in [1.29, 1.82) is 5.26 Å². The molecule has 4 aliphatic rings. The monoisotopic (exact) mass is 542 g/mol. The first-order valence-electron chi connectivity index (χ1n) is 12.7. The van der Waals surface area contributed by atoms with Gasteiger partial charge in [-0.1, -0.05) is 100 Å². The zero-order chi connectivity index (χ0) is 26.6. The topological polar surface area (TPSA) is 114 Å². The molecular formula is C25H49Cl3N4O2. The smallest absolute Gasteiger partial charge is 0.286 e. The number of fused-ring (bicyclic) bond motifs is 4. The molecule has 6 nitrogen and oxygen atoms in total. The van der Waals surface area contributed by atoms with Gasteiger partial charge in [0.25, 0.3) is 6.26 Å². The van der Waals surface area contributed by atoms with E-state index in [9.17, 15) is 0 Å². The third-order valence-corrected chi connectivity index (χ3v) is 5.70. The summed E-state index contributed by atoms with van der Waals surface area (Å²) in [5.74, 6) is 4.69. The Bertz CT molecular complexity index is 438. The predicted octanol–water partition coefficient (Wildman–Crippen LogP) is 7.16. The third-order valence-electron chi connectivity index (χ3n) is 5.70. The van der Waals surface area contributed by atoms with E-state index in [2.05, 4.69) is 9.73 Å². The highest BCUT2D eigenvalue weighted by Crippen LogP contribution is 2.44. The zero-order valence-corrected chi connectivity index (χ0v) is 24.1. The summed E-state index contributed by atoms with van der Waals surface area (Å²) in [6, 6.07) is 0. The SMILES string of the molecule is C1CC2CCC1C2.C1CC2CCC1C2.CCN.CCN.CCN=C=O.CCOC#N.ClC(Cl)Cl. The fraction of sp³-hybridized carbons (Fsp3) is 0.920. The summed E-state index contributed by atoms with van der Waals surface area (Å²) < 4.78 is 3.39. The Hall–Kier alpha value is -0.540. The van der Waals surface area contributed by atoms with Crippen molar-refractivity contribution in [3.8, 4) is 6.26 Å². The van der Waals surface area contributed by atoms with Crippen molar-refractivity contribution in [3.63, 3.8) is 0 Å². The molecule has 0 atom stereocenters. The Morgan fingerprint density at radius 1 is 0.824 bits per heavy atom. The summed E-state index contributed by atoms with van der Waals surface area (Å²) in [6.45, 7) is 9.88. The van der Waals surface area contributed by atoms with Gasteiger partial charge in [-0.3, -0.25) is 0 Å². The highest BCUT2D eigenvalue weighted by molar-refractivity contribution is 6.63. The van der Waals surface area contributed by atoms with E-state index >= 15 is 0 Å². The molecule has 0 spiro atoms. The first-order chi connectivity index (χ1) is 16.3. The molecule has 4 rings (SSSR count). The Balaban J connectivity index is -0.000000340. The van der Waals surface area contributed by atoms with E-state index in [1.807, 2.05) is 13.8 Å². The number of alkyl halides is 3. The molecular weight excluding hydrogens is 495 g/mol. The fourth-order valence-corrected chi connectivity index (χ4v) is 4.48. The molecule has 0 aromatic rings. The number of isocyanates is 1. The van der Waals surface area contributed by atoms with E-state index in [0.717, 1.165) is 13.1 Å². The number of carbonyl (C=O) groups excluding carboxylic acids is 1. The van der Waals surface area contributed by atoms with E-state index in [-0.39, 0.29) is 0 Å². The molecule has 0 saturated heterocycles. The van der Waals surface area contributed by atoms with Crippen LogP contribution in [0.25, 0.3) is 0 Å². The quantitative estimate of drug-likeness (QED) is 0.166. The second-order valence-electron chi connectivity index (χ2n) is 8.40. The zero-order valence-electron chi connectivity index (χ0n) is 21.8. The van der Waals surface area contributed by atoms with Crippen LogP contribution in [0.3, 0.4) is 0 Å². The van der Waals surface area contributed by atoms with Gasteiger partial charge >= 0.3 is 0 Å². The van der Waals surface area contributed by atoms with Gasteiger partial charge in [0.15, 0.2) is 4.30 Å². The lowest BCUT2D eigenvalue weighted by Gasteiger charge is -2.05. The van der Waals surface area contributed by atoms with Crippen molar-refractivity contribution < 1.29 is 9.53 Å². The summed E-state index contributed by atoms with van der Waals surface area (Å²) >= 11 is 14.4. The summed E-state index contributed by atoms with van der Waals surface area (Å²) in [6.07, 6.45) is 18.6. The lowest BCUT2D eigenvalue weighted by atomic mass is 10.0. The molecule has 0 heterocycles. The maximum Gasteiger partial charge on any atom is 0.286 e. The normalized spacial score (nSPS) is 23.6. The third kappa shape index (κ3) is 29.5. The maximum atomic E-state index is 9.11. The first kappa shape index (κ1) is 38.0. The number of halogens is 3. The van der Waals surface area contributed by atoms with Crippen LogP contribution in [0, 0.1) is 35.2 Å². The lowest BCUT2D eigenvalue weighted by molar-refractivity contribution is 0.291. The van der Waals surface area contributed by atoms with Crippen LogP contribution in [-0.2, 0) is 9.53 Å². The van der Waals surface area contributed by atoms with Crippen LogP contribution < -0.4 is 11.5 Å². The van der Waals surface area contributed by atoms with E-state index in [4.69, 9.17) is 56.3 Å². The van der Waals surface area contributed by atoms with Gasteiger partial charge in [-0.05, 0) is 63.5 Å². The average Bonchev–Trinajstić information content (AvgIpc) is 3.61. The molecule has 0 radical (unpaired) electrons. The molecule has 4 saturated carbocycles. The Labute approximate surface area is 224 Å². The highest BCUT2D eigenvalue weighted by Gasteiger charge is 2.31. The number of nitrogens with zero attached hydrogens (tertiary/aromatic N) is 2. The van der Waals surface area contributed by atoms with Gasteiger partial charge < -0.3 is 16.2 Å². The number of hydrogen-bond donors (Lipinski definition) is 2. The largest absolute Gasteiger partial charge is 0.428 e. The van der Waals surface area contributed by atoms with Crippen LogP contribution >= 0.6 is 34.8 Å². The molecule has 202 valence electrons. The number of ether oxygens (including phenoxy) is 1. The van der Waals surface area contributed by atoms with Crippen molar-refractivity contribution >= 4 is 40.9 Å². The minimum absolute atomic E-state index is 0.483. The minimum atomic E-state index is -0.750. The van der Waals surface area contributed by atoms with Gasteiger partial charge in [0.05, 0.1) is 6.61 Å². The van der Waals surface area contributed by atoms with Crippen LogP contribution in [0.1, 0.15) is 91.9 Å². The molecule has 4 bridgehead atoms. The van der Waals surface area contributed by atoms with Gasteiger partial charge in [0.1, 0.15) is 0 Å². The van der Waals surface area contributed by atoms with Gasteiger partial charge in [-0.15, -0.1) is 0 Å². The molecule has 4 N–H and O–H groups in total. The second kappa shape index (κ2) is 30.5. The number of nitriles is 1. The van der Waals surface area contributed by atoms with Crippen LogP contribution in [-0.4, -0.2) is 36.6 Å². The van der Waals surface area contributed by atoms with Gasteiger partial charge in [0, 0.05) is 6.54 Å². The highest BCUT2D eigenvalue weighted by atomic mass is 35.6. The minimum Gasteiger partial charge on any atom is -0.428 e. The lowest BCUT2D eigenvalue weighted by Crippen LogP contribution is -1.90. The average molecular weight is 544 g/mol. The molecule has 0 aromatic carbocycles. The number of hydrogen-bond acceptors (Lipinski definition) is 6. The van der Waals surface area contributed by atoms with Crippen molar-refractivity contribution in [2.24, 2.45) is 40.1 Å². The van der Waals surface area contributed by atoms with E-state index < -0.39 is 4.30 Å². The van der Waals surface area contributed by atoms with Crippen molar-refractivity contribution in [3.05, 3.63) is 0 Å². The van der Waals surface area contributed by atoms with Gasteiger partial charge in [-0.2, -0.15) is 5.26 Å². The fourth-order valence-electron chi connectivity index (χ4n) is 4.48. The Kier molecular flexibility index (Phi) is 34.1. The molecule has 9 heteroatoms. The molecule has 0 amide bonds. The van der Waals surface area contributed by atoms with Crippen LogP contribution in [0.5, 0.6) is 0 Å². The number of nitrogens with two attached hydrogens (primary N) is 2. The second-order valence-corrected chi connectivity index (χ2v) is 10.4. The Morgan fingerprint density at radius 3 is 1.12 bits per heavy atom. The standard InChI is InChI=1S/2C7H12.2C3H5NO.2C2H7N.CHCl3/c2*1-2-7-4-3-6(1)5-7;1-2-5-3-4;1-2-4-3-5;2*1-2-3;2-1(3)4/h2*6-7H,1-5H2;2*2H2,1H3;2*2-3H2,1H3;1H. The summed E-state index contributed by atoms with van der Waals surface area (Å²) in [5, 5.41) is 7.59. The molecule has 0 aromatic heterocycles. The van der Waals surface area contributed by atoms with Gasteiger partial charge in [0.2, 0.25) is 6.08 Å². The van der Waals surface area contributed by atoms with Crippen molar-refractivity contribution in [2.45, 2.75) is 96.2 Å². The summed E-state index contributed by atoms with van der Waals surface area (Å²) in [7, 11) is 0. The maximum absolute atomic E-state index is 9.11. The number of aliphatic imine (C=N–C) groups is 1. The molecule has 34 heavy (non-hydrogen) atoms.